The smallest absolute Gasteiger partial charge is 0.122 e. The Balaban J connectivity index is 2.43. The molecular weight excluding hydrogens is 260 g/mol. The molecule has 0 spiro atoms. The normalized spacial score (nSPS) is 13.8. The van der Waals surface area contributed by atoms with E-state index in [4.69, 9.17) is 4.74 Å². The molecule has 0 heterocycles. The minimum absolute atomic E-state index is 0.622. The SMILES string of the molecule is CCC(O)(Cc1ccccc1)c1cc(C)c(OC)cc1C. The van der Waals surface area contributed by atoms with Crippen LogP contribution in [0.15, 0.2) is 42.5 Å². The van der Waals surface area contributed by atoms with Gasteiger partial charge in [-0.2, -0.15) is 0 Å². The lowest BCUT2D eigenvalue weighted by atomic mass is 9.82. The van der Waals surface area contributed by atoms with Crippen LogP contribution in [-0.2, 0) is 12.0 Å². The summed E-state index contributed by atoms with van der Waals surface area (Å²) >= 11 is 0. The van der Waals surface area contributed by atoms with Gasteiger partial charge in [-0.3, -0.25) is 0 Å². The lowest BCUT2D eigenvalue weighted by molar-refractivity contribution is 0.0320. The van der Waals surface area contributed by atoms with Crippen LogP contribution in [0.3, 0.4) is 0 Å². The summed E-state index contributed by atoms with van der Waals surface area (Å²) in [4.78, 5) is 0. The fraction of sp³-hybridized carbons (Fsp3) is 0.368. The van der Waals surface area contributed by atoms with Crippen LogP contribution in [-0.4, -0.2) is 12.2 Å². The van der Waals surface area contributed by atoms with Crippen molar-refractivity contribution in [3.8, 4) is 5.75 Å². The highest BCUT2D eigenvalue weighted by Crippen LogP contribution is 2.34. The fourth-order valence-electron chi connectivity index (χ4n) is 2.86. The van der Waals surface area contributed by atoms with Crippen LogP contribution in [0.5, 0.6) is 5.75 Å². The monoisotopic (exact) mass is 284 g/mol. The number of hydrogen-bond donors (Lipinski definition) is 1. The molecule has 0 fully saturated rings. The average Bonchev–Trinajstić information content (AvgIpc) is 2.50. The van der Waals surface area contributed by atoms with Gasteiger partial charge in [0.15, 0.2) is 0 Å². The highest BCUT2D eigenvalue weighted by atomic mass is 16.5. The number of hydrogen-bond acceptors (Lipinski definition) is 2. The minimum atomic E-state index is -0.845. The highest BCUT2D eigenvalue weighted by Gasteiger charge is 2.29. The molecule has 0 saturated carbocycles. The summed E-state index contributed by atoms with van der Waals surface area (Å²) in [5.74, 6) is 0.870. The van der Waals surface area contributed by atoms with Crippen LogP contribution < -0.4 is 4.74 Å². The second-order valence-corrected chi connectivity index (χ2v) is 5.68. The molecule has 112 valence electrons. The zero-order valence-electron chi connectivity index (χ0n) is 13.3. The summed E-state index contributed by atoms with van der Waals surface area (Å²) in [6, 6.07) is 14.2. The van der Waals surface area contributed by atoms with E-state index < -0.39 is 5.60 Å². The van der Waals surface area contributed by atoms with E-state index in [0.29, 0.717) is 12.8 Å². The van der Waals surface area contributed by atoms with E-state index in [1.807, 2.05) is 45.0 Å². The predicted octanol–water partition coefficient (Wildman–Crippen LogP) is 4.15. The summed E-state index contributed by atoms with van der Waals surface area (Å²) in [7, 11) is 1.68. The van der Waals surface area contributed by atoms with Crippen molar-refractivity contribution in [1.82, 2.24) is 0 Å². The summed E-state index contributed by atoms with van der Waals surface area (Å²) in [5.41, 5.74) is 3.42. The van der Waals surface area contributed by atoms with Gasteiger partial charge in [-0.15, -0.1) is 0 Å². The Morgan fingerprint density at radius 1 is 1.05 bits per heavy atom. The van der Waals surface area contributed by atoms with Crippen LogP contribution in [0.2, 0.25) is 0 Å². The second kappa shape index (κ2) is 6.31. The molecule has 1 atom stereocenters. The second-order valence-electron chi connectivity index (χ2n) is 5.68. The molecule has 0 aliphatic rings. The minimum Gasteiger partial charge on any atom is -0.496 e. The molecule has 21 heavy (non-hydrogen) atoms. The van der Waals surface area contributed by atoms with Gasteiger partial charge < -0.3 is 9.84 Å². The zero-order valence-corrected chi connectivity index (χ0v) is 13.3. The molecule has 0 aromatic heterocycles. The van der Waals surface area contributed by atoms with Crippen molar-refractivity contribution in [3.05, 3.63) is 64.7 Å². The number of ether oxygens (including phenoxy) is 1. The summed E-state index contributed by atoms with van der Waals surface area (Å²) in [5, 5.41) is 11.2. The predicted molar refractivity (Wildman–Crippen MR) is 86.8 cm³/mol. The molecule has 0 amide bonds. The van der Waals surface area contributed by atoms with Crippen molar-refractivity contribution in [2.45, 2.75) is 39.2 Å². The molecule has 0 aliphatic heterocycles. The quantitative estimate of drug-likeness (QED) is 0.893. The third kappa shape index (κ3) is 3.27. The standard InChI is InChI=1S/C19H24O2/c1-5-19(20,13-16-9-7-6-8-10-16)17-11-15(3)18(21-4)12-14(17)2/h6-12,20H,5,13H2,1-4H3. The lowest BCUT2D eigenvalue weighted by Crippen LogP contribution is -2.29. The Hall–Kier alpha value is -1.80. The fourth-order valence-corrected chi connectivity index (χ4v) is 2.86. The molecule has 0 aliphatic carbocycles. The van der Waals surface area contributed by atoms with Crippen LogP contribution in [0.25, 0.3) is 0 Å². The third-order valence-corrected chi connectivity index (χ3v) is 4.17. The van der Waals surface area contributed by atoms with Crippen molar-refractivity contribution >= 4 is 0 Å². The molecule has 2 aromatic carbocycles. The van der Waals surface area contributed by atoms with E-state index in [2.05, 4.69) is 18.2 Å². The van der Waals surface area contributed by atoms with E-state index in [-0.39, 0.29) is 0 Å². The van der Waals surface area contributed by atoms with Crippen molar-refractivity contribution in [2.75, 3.05) is 7.11 Å². The van der Waals surface area contributed by atoms with E-state index in [1.165, 1.54) is 0 Å². The number of aryl methyl sites for hydroxylation is 2. The lowest BCUT2D eigenvalue weighted by Gasteiger charge is -2.30. The Bertz CT molecular complexity index is 604. The van der Waals surface area contributed by atoms with Gasteiger partial charge in [0.2, 0.25) is 0 Å². The third-order valence-electron chi connectivity index (χ3n) is 4.17. The van der Waals surface area contributed by atoms with Crippen molar-refractivity contribution in [3.63, 3.8) is 0 Å². The van der Waals surface area contributed by atoms with Gasteiger partial charge in [0.25, 0.3) is 0 Å². The molecule has 2 heteroatoms. The molecule has 2 nitrogen and oxygen atoms in total. The molecule has 2 aromatic rings. The number of methoxy groups -OCH3 is 1. The molecule has 2 rings (SSSR count). The maximum atomic E-state index is 11.2. The number of aliphatic hydroxyl groups is 1. The maximum absolute atomic E-state index is 11.2. The Kier molecular flexibility index (Phi) is 4.69. The van der Waals surface area contributed by atoms with Gasteiger partial charge in [0.1, 0.15) is 5.75 Å². The van der Waals surface area contributed by atoms with Gasteiger partial charge in [0, 0.05) is 6.42 Å². The molecule has 0 radical (unpaired) electrons. The van der Waals surface area contributed by atoms with Crippen LogP contribution >= 0.6 is 0 Å². The van der Waals surface area contributed by atoms with E-state index in [0.717, 1.165) is 28.0 Å². The van der Waals surface area contributed by atoms with Gasteiger partial charge in [0.05, 0.1) is 12.7 Å². The largest absolute Gasteiger partial charge is 0.496 e. The van der Waals surface area contributed by atoms with Gasteiger partial charge >= 0.3 is 0 Å². The first-order valence-electron chi connectivity index (χ1n) is 7.42. The summed E-state index contributed by atoms with van der Waals surface area (Å²) in [6.07, 6.45) is 1.30. The van der Waals surface area contributed by atoms with Crippen molar-refractivity contribution in [2.24, 2.45) is 0 Å². The van der Waals surface area contributed by atoms with E-state index in [1.54, 1.807) is 7.11 Å². The van der Waals surface area contributed by atoms with Gasteiger partial charge in [-0.1, -0.05) is 37.3 Å². The topological polar surface area (TPSA) is 29.5 Å². The molecule has 1 N–H and O–H groups in total. The van der Waals surface area contributed by atoms with Gasteiger partial charge in [-0.05, 0) is 54.7 Å². The van der Waals surface area contributed by atoms with Crippen LogP contribution in [0.1, 0.15) is 35.6 Å². The number of rotatable bonds is 5. The Morgan fingerprint density at radius 3 is 2.29 bits per heavy atom. The highest BCUT2D eigenvalue weighted by molar-refractivity contribution is 5.44. The van der Waals surface area contributed by atoms with Crippen LogP contribution in [0, 0.1) is 13.8 Å². The van der Waals surface area contributed by atoms with Crippen molar-refractivity contribution < 1.29 is 9.84 Å². The molecular formula is C19H24O2. The van der Waals surface area contributed by atoms with E-state index in [9.17, 15) is 5.11 Å². The van der Waals surface area contributed by atoms with Crippen molar-refractivity contribution in [1.29, 1.82) is 0 Å². The first kappa shape index (κ1) is 15.6. The molecule has 0 bridgehead atoms. The Labute approximate surface area is 127 Å². The maximum Gasteiger partial charge on any atom is 0.122 e. The van der Waals surface area contributed by atoms with E-state index >= 15 is 0 Å². The first-order chi connectivity index (χ1) is 10.00. The zero-order chi connectivity index (χ0) is 15.5. The Morgan fingerprint density at radius 2 is 1.71 bits per heavy atom. The molecule has 0 saturated heterocycles. The summed E-state index contributed by atoms with van der Waals surface area (Å²) in [6.45, 7) is 6.07. The first-order valence-corrected chi connectivity index (χ1v) is 7.42. The summed E-state index contributed by atoms with van der Waals surface area (Å²) < 4.78 is 5.36. The van der Waals surface area contributed by atoms with Crippen LogP contribution in [0.4, 0.5) is 0 Å². The molecule has 1 unspecified atom stereocenters. The van der Waals surface area contributed by atoms with Gasteiger partial charge in [-0.25, -0.2) is 0 Å². The number of benzene rings is 2. The average molecular weight is 284 g/mol.